The lowest BCUT2D eigenvalue weighted by Gasteiger charge is -2.07. The molecule has 1 nitrogen and oxygen atoms in total. The first-order valence-corrected chi connectivity index (χ1v) is 5.15. The van der Waals surface area contributed by atoms with Gasteiger partial charge in [0.2, 0.25) is 0 Å². The lowest BCUT2D eigenvalue weighted by atomic mass is 10.1. The molecule has 0 N–H and O–H groups in total. The maximum atomic E-state index is 13.2. The van der Waals surface area contributed by atoms with Gasteiger partial charge in [-0.2, -0.15) is 8.78 Å². The van der Waals surface area contributed by atoms with E-state index in [1.54, 1.807) is 0 Å². The van der Waals surface area contributed by atoms with E-state index in [4.69, 9.17) is 0 Å². The van der Waals surface area contributed by atoms with E-state index in [1.165, 1.54) is 0 Å². The maximum absolute atomic E-state index is 13.2. The minimum absolute atomic E-state index is 0.145. The molecule has 0 bridgehead atoms. The van der Waals surface area contributed by atoms with E-state index in [1.807, 2.05) is 0 Å². The molecule has 0 unspecified atom stereocenters. The van der Waals surface area contributed by atoms with Gasteiger partial charge in [0.25, 0.3) is 0 Å². The van der Waals surface area contributed by atoms with Crippen LogP contribution >= 0.6 is 15.9 Å². The van der Waals surface area contributed by atoms with Gasteiger partial charge < -0.3 is 4.74 Å². The third kappa shape index (κ3) is 3.37. The molecule has 0 heterocycles. The van der Waals surface area contributed by atoms with Crippen LogP contribution < -0.4 is 4.74 Å². The van der Waals surface area contributed by atoms with Gasteiger partial charge >= 0.3 is 6.61 Å². The van der Waals surface area contributed by atoms with E-state index < -0.39 is 24.0 Å². The van der Waals surface area contributed by atoms with Crippen molar-refractivity contribution in [3.05, 3.63) is 29.3 Å². The average molecular weight is 287 g/mol. The van der Waals surface area contributed by atoms with Crippen molar-refractivity contribution in [2.45, 2.75) is 13.0 Å². The monoisotopic (exact) mass is 286 g/mol. The first-order valence-electron chi connectivity index (χ1n) is 4.03. The molecule has 0 aliphatic heterocycles. The molecule has 1 aromatic carbocycles. The molecule has 0 spiro atoms. The zero-order chi connectivity index (χ0) is 11.4. The Hall–Kier alpha value is -0.780. The van der Waals surface area contributed by atoms with Crippen LogP contribution in [0.1, 0.15) is 5.56 Å². The van der Waals surface area contributed by atoms with Gasteiger partial charge in [0.15, 0.2) is 0 Å². The fraction of sp³-hybridized carbons (Fsp3) is 0.333. The predicted molar refractivity (Wildman–Crippen MR) is 50.5 cm³/mol. The number of rotatable bonds is 4. The smallest absolute Gasteiger partial charge is 0.387 e. The summed E-state index contributed by atoms with van der Waals surface area (Å²) in [6.07, 6.45) is 0.145. The van der Waals surface area contributed by atoms with Crippen molar-refractivity contribution in [1.82, 2.24) is 0 Å². The molecule has 0 radical (unpaired) electrons. The number of halogens is 5. The van der Waals surface area contributed by atoms with Crippen LogP contribution in [0.4, 0.5) is 17.6 Å². The van der Waals surface area contributed by atoms with Crippen molar-refractivity contribution in [2.24, 2.45) is 0 Å². The van der Waals surface area contributed by atoms with Gasteiger partial charge in [0.05, 0.1) is 0 Å². The quantitative estimate of drug-likeness (QED) is 0.608. The fourth-order valence-corrected chi connectivity index (χ4v) is 1.48. The van der Waals surface area contributed by atoms with Crippen LogP contribution in [0.2, 0.25) is 0 Å². The predicted octanol–water partition coefficient (Wildman–Crippen LogP) is 3.50. The van der Waals surface area contributed by atoms with Crippen molar-refractivity contribution in [3.8, 4) is 5.75 Å². The minimum Gasteiger partial charge on any atom is -0.435 e. The molecule has 0 atom stereocenters. The van der Waals surface area contributed by atoms with E-state index in [0.717, 1.165) is 12.1 Å². The third-order valence-electron chi connectivity index (χ3n) is 1.68. The summed E-state index contributed by atoms with van der Waals surface area (Å²) >= 11 is 3.03. The Balaban J connectivity index is 2.97. The summed E-state index contributed by atoms with van der Waals surface area (Å²) in [4.78, 5) is 0. The molecule has 15 heavy (non-hydrogen) atoms. The summed E-state index contributed by atoms with van der Waals surface area (Å²) in [5.41, 5.74) is -0.145. The minimum atomic E-state index is -3.09. The van der Waals surface area contributed by atoms with E-state index >= 15 is 0 Å². The Kier molecular flexibility index (Phi) is 4.38. The Morgan fingerprint density at radius 3 is 2.13 bits per heavy atom. The zero-order valence-corrected chi connectivity index (χ0v) is 9.03. The molecule has 0 aliphatic carbocycles. The van der Waals surface area contributed by atoms with E-state index in [9.17, 15) is 17.6 Å². The molecule has 0 aliphatic rings. The van der Waals surface area contributed by atoms with Crippen LogP contribution in [-0.2, 0) is 6.42 Å². The lowest BCUT2D eigenvalue weighted by molar-refractivity contribution is -0.0501. The summed E-state index contributed by atoms with van der Waals surface area (Å²) in [7, 11) is 0. The number of hydrogen-bond donors (Lipinski definition) is 0. The molecule has 0 saturated heterocycles. The highest BCUT2D eigenvalue weighted by Gasteiger charge is 2.13. The molecule has 0 amide bonds. The van der Waals surface area contributed by atoms with Crippen molar-refractivity contribution in [2.75, 3.05) is 5.33 Å². The van der Waals surface area contributed by atoms with Crippen LogP contribution in [0.5, 0.6) is 5.75 Å². The largest absolute Gasteiger partial charge is 0.435 e. The van der Waals surface area contributed by atoms with Gasteiger partial charge in [-0.1, -0.05) is 15.9 Å². The van der Waals surface area contributed by atoms with Crippen molar-refractivity contribution in [1.29, 1.82) is 0 Å². The van der Waals surface area contributed by atoms with Crippen LogP contribution in [0.15, 0.2) is 12.1 Å². The van der Waals surface area contributed by atoms with Gasteiger partial charge in [-0.3, -0.25) is 0 Å². The average Bonchev–Trinajstić information content (AvgIpc) is 2.10. The Morgan fingerprint density at radius 2 is 1.73 bits per heavy atom. The second-order valence-corrected chi connectivity index (χ2v) is 3.48. The summed E-state index contributed by atoms with van der Waals surface area (Å²) in [5, 5.41) is 0.385. The molecule has 0 fully saturated rings. The summed E-state index contributed by atoms with van der Waals surface area (Å²) in [5.74, 6) is -2.28. The van der Waals surface area contributed by atoms with Gasteiger partial charge in [-0.05, 0) is 6.42 Å². The third-order valence-corrected chi connectivity index (χ3v) is 2.08. The molecular weight excluding hydrogens is 280 g/mol. The molecule has 1 rings (SSSR count). The Labute approximate surface area is 92.2 Å². The first kappa shape index (κ1) is 12.3. The van der Waals surface area contributed by atoms with Crippen LogP contribution in [0, 0.1) is 11.6 Å². The number of alkyl halides is 3. The maximum Gasteiger partial charge on any atom is 0.387 e. The van der Waals surface area contributed by atoms with Gasteiger partial charge in [-0.15, -0.1) is 0 Å². The van der Waals surface area contributed by atoms with Gasteiger partial charge in [-0.25, -0.2) is 8.78 Å². The van der Waals surface area contributed by atoms with Gasteiger partial charge in [0, 0.05) is 23.0 Å². The van der Waals surface area contributed by atoms with Crippen LogP contribution in [0.3, 0.4) is 0 Å². The number of hydrogen-bond acceptors (Lipinski definition) is 1. The van der Waals surface area contributed by atoms with E-state index in [-0.39, 0.29) is 12.0 Å². The summed E-state index contributed by atoms with van der Waals surface area (Å²) in [6.45, 7) is -3.09. The lowest BCUT2D eigenvalue weighted by Crippen LogP contribution is -2.04. The molecule has 0 saturated carbocycles. The molecule has 1 aromatic rings. The SMILES string of the molecule is Fc1cc(OC(F)F)cc(F)c1CCBr. The molecule has 6 heteroatoms. The zero-order valence-electron chi connectivity index (χ0n) is 7.44. The first-order chi connectivity index (χ1) is 7.04. The highest BCUT2D eigenvalue weighted by atomic mass is 79.9. The highest BCUT2D eigenvalue weighted by molar-refractivity contribution is 9.09. The highest BCUT2D eigenvalue weighted by Crippen LogP contribution is 2.22. The van der Waals surface area contributed by atoms with Gasteiger partial charge in [0.1, 0.15) is 17.4 Å². The summed E-state index contributed by atoms with van der Waals surface area (Å²) in [6, 6.07) is 1.49. The molecule has 0 aromatic heterocycles. The van der Waals surface area contributed by atoms with Crippen molar-refractivity contribution in [3.63, 3.8) is 0 Å². The standard InChI is InChI=1S/C9H7BrF4O/c10-2-1-6-7(11)3-5(4-8(6)12)15-9(13)14/h3-4,9H,1-2H2. The topological polar surface area (TPSA) is 9.23 Å². The van der Waals surface area contributed by atoms with E-state index in [2.05, 4.69) is 20.7 Å². The molecular formula is C9H7BrF4O. The van der Waals surface area contributed by atoms with Crippen LogP contribution in [0.25, 0.3) is 0 Å². The second kappa shape index (κ2) is 5.34. The number of ether oxygens (including phenoxy) is 1. The Bertz CT molecular complexity index is 320. The van der Waals surface area contributed by atoms with Crippen molar-refractivity contribution >= 4 is 15.9 Å². The molecule has 84 valence electrons. The van der Waals surface area contributed by atoms with Crippen molar-refractivity contribution < 1.29 is 22.3 Å². The van der Waals surface area contributed by atoms with Crippen LogP contribution in [-0.4, -0.2) is 11.9 Å². The summed E-state index contributed by atoms with van der Waals surface area (Å²) < 4.78 is 53.7. The Morgan fingerprint density at radius 1 is 1.20 bits per heavy atom. The van der Waals surface area contributed by atoms with E-state index in [0.29, 0.717) is 5.33 Å². The number of benzene rings is 1. The fourth-order valence-electron chi connectivity index (χ4n) is 1.08. The second-order valence-electron chi connectivity index (χ2n) is 2.68. The normalized spacial score (nSPS) is 10.8.